The molecule has 0 heterocycles. The first-order valence-corrected chi connectivity index (χ1v) is 4.26. The van der Waals surface area contributed by atoms with Crippen molar-refractivity contribution in [2.24, 2.45) is 0 Å². The summed E-state index contributed by atoms with van der Waals surface area (Å²) in [5, 5.41) is 8.38. The van der Waals surface area contributed by atoms with E-state index in [0.29, 0.717) is 0 Å². The van der Waals surface area contributed by atoms with Gasteiger partial charge in [0.05, 0.1) is 13.2 Å². The molecule has 0 aliphatic rings. The number of carbonyl (C=O) groups excluding carboxylic acids is 2. The molecule has 0 spiro atoms. The van der Waals surface area contributed by atoms with E-state index in [4.69, 9.17) is 5.11 Å². The maximum Gasteiger partial charge on any atom is 0.410 e. The lowest BCUT2D eigenvalue weighted by molar-refractivity contribution is -0.143. The van der Waals surface area contributed by atoms with Crippen LogP contribution in [-0.4, -0.2) is 55.5 Å². The molecule has 0 rings (SSSR count). The fourth-order valence-electron chi connectivity index (χ4n) is 0.708. The number of hydrogen-bond acceptors (Lipinski definition) is 5. The van der Waals surface area contributed by atoms with E-state index in [0.717, 1.165) is 4.90 Å². The maximum atomic E-state index is 11.0. The molecule has 1 amide bonds. The molecule has 82 valence electrons. The van der Waals surface area contributed by atoms with Gasteiger partial charge in [0.2, 0.25) is 0 Å². The Balaban J connectivity index is 3.76. The molecular formula is C8H15NO5. The van der Waals surface area contributed by atoms with E-state index in [-0.39, 0.29) is 26.4 Å². The number of hydrogen-bond donors (Lipinski definition) is 1. The largest absolute Gasteiger partial charge is 0.465 e. The standard InChI is InChI=1S/C8H15NO5/c1-3-13-7(11)6-9(2)8(12)14-5-4-10/h10H,3-6H2,1-2H3. The van der Waals surface area contributed by atoms with Gasteiger partial charge in [-0.15, -0.1) is 0 Å². The summed E-state index contributed by atoms with van der Waals surface area (Å²) in [5.74, 6) is -0.490. The zero-order valence-corrected chi connectivity index (χ0v) is 8.36. The van der Waals surface area contributed by atoms with Crippen LogP contribution >= 0.6 is 0 Å². The molecule has 0 saturated heterocycles. The van der Waals surface area contributed by atoms with E-state index in [1.54, 1.807) is 6.92 Å². The molecule has 0 aliphatic carbocycles. The second-order valence-corrected chi connectivity index (χ2v) is 2.50. The maximum absolute atomic E-state index is 11.0. The van der Waals surface area contributed by atoms with Crippen molar-refractivity contribution in [2.75, 3.05) is 33.4 Å². The zero-order chi connectivity index (χ0) is 11.0. The van der Waals surface area contributed by atoms with Crippen molar-refractivity contribution >= 4 is 12.1 Å². The number of rotatable bonds is 5. The van der Waals surface area contributed by atoms with Gasteiger partial charge in [-0.25, -0.2) is 4.79 Å². The number of likely N-dealkylation sites (N-methyl/N-ethyl adjacent to an activating group) is 1. The van der Waals surface area contributed by atoms with E-state index in [2.05, 4.69) is 9.47 Å². The van der Waals surface area contributed by atoms with E-state index >= 15 is 0 Å². The summed E-state index contributed by atoms with van der Waals surface area (Å²) >= 11 is 0. The quantitative estimate of drug-likeness (QED) is 0.618. The summed E-state index contributed by atoms with van der Waals surface area (Å²) in [5.41, 5.74) is 0. The van der Waals surface area contributed by atoms with Crippen molar-refractivity contribution in [3.8, 4) is 0 Å². The van der Waals surface area contributed by atoms with Gasteiger partial charge >= 0.3 is 12.1 Å². The average Bonchev–Trinajstić information content (AvgIpc) is 2.14. The van der Waals surface area contributed by atoms with Gasteiger partial charge in [0.25, 0.3) is 0 Å². The van der Waals surface area contributed by atoms with Gasteiger partial charge < -0.3 is 19.5 Å². The highest BCUT2D eigenvalue weighted by Gasteiger charge is 2.13. The van der Waals surface area contributed by atoms with Crippen molar-refractivity contribution in [3.05, 3.63) is 0 Å². The van der Waals surface area contributed by atoms with E-state index in [9.17, 15) is 9.59 Å². The van der Waals surface area contributed by atoms with Gasteiger partial charge in [0.15, 0.2) is 0 Å². The molecule has 0 atom stereocenters. The number of carbonyl (C=O) groups is 2. The number of esters is 1. The van der Waals surface area contributed by atoms with E-state index in [1.165, 1.54) is 7.05 Å². The fourth-order valence-corrected chi connectivity index (χ4v) is 0.708. The number of aliphatic hydroxyl groups is 1. The van der Waals surface area contributed by atoms with Crippen LogP contribution in [0, 0.1) is 0 Å². The predicted octanol–water partition coefficient (Wildman–Crippen LogP) is -0.390. The number of aliphatic hydroxyl groups excluding tert-OH is 1. The van der Waals surface area contributed by atoms with Crippen molar-refractivity contribution in [3.63, 3.8) is 0 Å². The molecule has 14 heavy (non-hydrogen) atoms. The lowest BCUT2D eigenvalue weighted by Crippen LogP contribution is -2.34. The monoisotopic (exact) mass is 205 g/mol. The summed E-state index contributed by atoms with van der Waals surface area (Å²) in [6.45, 7) is 1.49. The molecule has 0 aromatic rings. The van der Waals surface area contributed by atoms with Crippen molar-refractivity contribution < 1.29 is 24.2 Å². The highest BCUT2D eigenvalue weighted by molar-refractivity contribution is 5.77. The highest BCUT2D eigenvalue weighted by Crippen LogP contribution is 1.91. The third kappa shape index (κ3) is 5.36. The Morgan fingerprint density at radius 3 is 2.50 bits per heavy atom. The summed E-state index contributed by atoms with van der Waals surface area (Å²) in [6.07, 6.45) is -0.660. The minimum absolute atomic E-state index is 0.0774. The van der Waals surface area contributed by atoms with Crippen LogP contribution in [0.15, 0.2) is 0 Å². The molecule has 0 aromatic carbocycles. The van der Waals surface area contributed by atoms with E-state index in [1.807, 2.05) is 0 Å². The first-order chi connectivity index (χ1) is 6.61. The van der Waals surface area contributed by atoms with Crippen molar-refractivity contribution in [1.82, 2.24) is 4.90 Å². The van der Waals surface area contributed by atoms with Gasteiger partial charge in [-0.2, -0.15) is 0 Å². The van der Waals surface area contributed by atoms with Crippen molar-refractivity contribution in [2.45, 2.75) is 6.92 Å². The molecule has 1 N–H and O–H groups in total. The molecular weight excluding hydrogens is 190 g/mol. The smallest absolute Gasteiger partial charge is 0.410 e. The van der Waals surface area contributed by atoms with Crippen LogP contribution in [-0.2, 0) is 14.3 Å². The number of nitrogens with zero attached hydrogens (tertiary/aromatic N) is 1. The van der Waals surface area contributed by atoms with Crippen LogP contribution in [0.1, 0.15) is 6.92 Å². The van der Waals surface area contributed by atoms with Crippen molar-refractivity contribution in [1.29, 1.82) is 0 Å². The molecule has 0 bridgehead atoms. The molecule has 6 heteroatoms. The predicted molar refractivity (Wildman–Crippen MR) is 47.7 cm³/mol. The van der Waals surface area contributed by atoms with Crippen LogP contribution in [0.4, 0.5) is 4.79 Å². The summed E-state index contributed by atoms with van der Waals surface area (Å²) in [4.78, 5) is 23.0. The Kier molecular flexibility index (Phi) is 6.47. The molecule has 0 fully saturated rings. The van der Waals surface area contributed by atoms with Gasteiger partial charge in [0, 0.05) is 7.05 Å². The summed E-state index contributed by atoms with van der Waals surface area (Å²) < 4.78 is 9.19. The fraction of sp³-hybridized carbons (Fsp3) is 0.750. The van der Waals surface area contributed by atoms with Gasteiger partial charge in [-0.05, 0) is 6.92 Å². The van der Waals surface area contributed by atoms with Gasteiger partial charge in [-0.3, -0.25) is 4.79 Å². The Labute approximate surface area is 82.4 Å². The number of amides is 1. The summed E-state index contributed by atoms with van der Waals surface area (Å²) in [7, 11) is 1.41. The normalized spacial score (nSPS) is 9.36. The lowest BCUT2D eigenvalue weighted by Gasteiger charge is -2.15. The minimum atomic E-state index is -0.660. The summed E-state index contributed by atoms with van der Waals surface area (Å²) in [6, 6.07) is 0. The van der Waals surface area contributed by atoms with Crippen LogP contribution in [0.25, 0.3) is 0 Å². The molecule has 0 aromatic heterocycles. The second-order valence-electron chi connectivity index (χ2n) is 2.50. The van der Waals surface area contributed by atoms with Crippen LogP contribution in [0.5, 0.6) is 0 Å². The Morgan fingerprint density at radius 1 is 1.36 bits per heavy atom. The van der Waals surface area contributed by atoms with Gasteiger partial charge in [-0.1, -0.05) is 0 Å². The molecule has 0 radical (unpaired) electrons. The Hall–Kier alpha value is -1.30. The highest BCUT2D eigenvalue weighted by atomic mass is 16.6. The molecule has 6 nitrogen and oxygen atoms in total. The topological polar surface area (TPSA) is 76.1 Å². The minimum Gasteiger partial charge on any atom is -0.465 e. The molecule has 0 aliphatic heterocycles. The Bertz CT molecular complexity index is 194. The lowest BCUT2D eigenvalue weighted by atomic mass is 10.6. The average molecular weight is 205 g/mol. The SMILES string of the molecule is CCOC(=O)CN(C)C(=O)OCCO. The third-order valence-corrected chi connectivity index (χ3v) is 1.30. The van der Waals surface area contributed by atoms with Crippen LogP contribution in [0.2, 0.25) is 0 Å². The first-order valence-electron chi connectivity index (χ1n) is 4.26. The Morgan fingerprint density at radius 2 is 2.00 bits per heavy atom. The number of ether oxygens (including phenoxy) is 2. The molecule has 0 unspecified atom stereocenters. The third-order valence-electron chi connectivity index (χ3n) is 1.30. The zero-order valence-electron chi connectivity index (χ0n) is 8.36. The first kappa shape index (κ1) is 12.7. The van der Waals surface area contributed by atoms with Gasteiger partial charge in [0.1, 0.15) is 13.2 Å². The van der Waals surface area contributed by atoms with E-state index < -0.39 is 12.1 Å². The molecule has 0 saturated carbocycles. The second kappa shape index (κ2) is 7.14. The van der Waals surface area contributed by atoms with Crippen LogP contribution < -0.4 is 0 Å². The van der Waals surface area contributed by atoms with Crippen LogP contribution in [0.3, 0.4) is 0 Å².